The number of benzene rings is 4. The Bertz CT molecular complexity index is 3400. The molecule has 6 heterocycles. The molecule has 4 aromatic carbocycles. The molecule has 6 aromatic rings. The topological polar surface area (TPSA) is 176 Å². The number of halogens is 3. The van der Waals surface area contributed by atoms with Crippen molar-refractivity contribution in [3.05, 3.63) is 158 Å². The summed E-state index contributed by atoms with van der Waals surface area (Å²) in [6, 6.07) is 27.6. The molecule has 2 aromatic heterocycles. The molecular weight excluding hydrogens is 1110 g/mol. The molecule has 0 unspecified atom stereocenters. The van der Waals surface area contributed by atoms with Gasteiger partial charge >= 0.3 is 6.03 Å². The van der Waals surface area contributed by atoms with Crippen molar-refractivity contribution in [3.63, 3.8) is 0 Å². The van der Waals surface area contributed by atoms with Gasteiger partial charge in [0, 0.05) is 98.4 Å². The van der Waals surface area contributed by atoms with Crippen LogP contribution in [0.2, 0.25) is 10.0 Å². The fourth-order valence-corrected chi connectivity index (χ4v) is 12.3. The molecule has 17 nitrogen and oxygen atoms in total. The van der Waals surface area contributed by atoms with Gasteiger partial charge in [-0.2, -0.15) is 5.10 Å². The Kier molecular flexibility index (Phi) is 18.0. The predicted octanol–water partition coefficient (Wildman–Crippen LogP) is 10.5. The van der Waals surface area contributed by atoms with Gasteiger partial charge in [-0.3, -0.25) is 29.1 Å². The van der Waals surface area contributed by atoms with E-state index in [2.05, 4.69) is 66.9 Å². The van der Waals surface area contributed by atoms with Gasteiger partial charge in [0.25, 0.3) is 5.91 Å². The highest BCUT2D eigenvalue weighted by Crippen LogP contribution is 2.54. The Labute approximate surface area is 501 Å². The van der Waals surface area contributed by atoms with Gasteiger partial charge in [0.2, 0.25) is 5.91 Å². The lowest BCUT2D eigenvalue weighted by Gasteiger charge is -2.47. The number of fused-ring (bicyclic) bond motifs is 8. The quantitative estimate of drug-likeness (QED) is 0.0831. The summed E-state index contributed by atoms with van der Waals surface area (Å²) in [6.07, 6.45) is 5.38. The summed E-state index contributed by atoms with van der Waals surface area (Å²) in [6.45, 7) is 19.0. The molecule has 4 aliphatic rings. The summed E-state index contributed by atoms with van der Waals surface area (Å²) in [4.78, 5) is 62.4. The zero-order valence-corrected chi connectivity index (χ0v) is 50.6. The highest BCUT2D eigenvalue weighted by Gasteiger charge is 2.60. The SMILES string of the molecule is CCOc1cc(C(C)(C)C)ccc1C1=N[C@@](C)(c2ccc(Cl)cc2)[C@@](C)(c2ccc(Cl)cc2)N1C(=O)N1CCN(CCOCCOCCC(=O)NCCn2cc3c(n2)CN(C)C(=O)c2ccc(F)cc2[C@H]2CCCN2c2cc-3cnc2N)CC1. The number of aromatic nitrogens is 3. The van der Waals surface area contributed by atoms with Crippen LogP contribution in [0.25, 0.3) is 11.1 Å². The zero-order valence-electron chi connectivity index (χ0n) is 49.1. The van der Waals surface area contributed by atoms with Gasteiger partial charge in [-0.05, 0) is 122 Å². The lowest BCUT2D eigenvalue weighted by Crippen LogP contribution is -2.60. The molecule has 4 amide bonds. The van der Waals surface area contributed by atoms with Gasteiger partial charge < -0.3 is 40.0 Å². The molecule has 3 atom stereocenters. The average Bonchev–Trinajstić information content (AvgIpc) is 1.54. The summed E-state index contributed by atoms with van der Waals surface area (Å²) in [5.74, 6) is 0.753. The van der Waals surface area contributed by atoms with Crippen molar-refractivity contribution >= 4 is 58.4 Å². The highest BCUT2D eigenvalue weighted by atomic mass is 35.5. The molecule has 2 saturated heterocycles. The van der Waals surface area contributed by atoms with Crippen LogP contribution in [-0.2, 0) is 43.9 Å². The van der Waals surface area contributed by atoms with Crippen LogP contribution in [0, 0.1) is 5.82 Å². The standard InChI is InChI=1S/C64H76Cl2FN11O6/c1-8-84-56-37-45(62(2,3)4)15-21-50(56)59-71-63(5,43-11-16-46(65)17-12-43)64(6,44-13-18-47(66)19-14-44)78(59)61(81)75-29-27-74(28-30-75)31-33-83-35-34-82-32-23-57(79)69-24-26-76-40-52-42-36-55(58(68)70-39-42)77-25-9-10-54(77)51-38-48(67)20-22-49(51)60(80)73(7)41-53(52)72-76/h11-22,36-40,54H,8-10,23-35,41H2,1-7H3,(H2,68,70)(H,69,79)/t54-,63+,64-/m1/s1. The van der Waals surface area contributed by atoms with E-state index in [-0.39, 0.29) is 48.9 Å². The van der Waals surface area contributed by atoms with E-state index in [0.29, 0.717) is 123 Å². The average molecular weight is 1190 g/mol. The Morgan fingerprint density at radius 1 is 0.833 bits per heavy atom. The van der Waals surface area contributed by atoms with Gasteiger partial charge in [0.05, 0.1) is 69.1 Å². The Morgan fingerprint density at radius 3 is 2.23 bits per heavy atom. The van der Waals surface area contributed by atoms with Crippen LogP contribution in [-0.4, -0.2) is 144 Å². The Morgan fingerprint density at radius 2 is 1.52 bits per heavy atom. The van der Waals surface area contributed by atoms with Gasteiger partial charge in [0.1, 0.15) is 34.3 Å². The number of carbonyl (C=O) groups is 3. The maximum atomic E-state index is 15.5. The fourth-order valence-electron chi connectivity index (χ4n) is 12.1. The second kappa shape index (κ2) is 25.2. The van der Waals surface area contributed by atoms with E-state index in [1.807, 2.05) is 83.6 Å². The summed E-state index contributed by atoms with van der Waals surface area (Å²) in [7, 11) is 1.72. The van der Waals surface area contributed by atoms with Crippen LogP contribution in [0.4, 0.5) is 20.7 Å². The van der Waals surface area contributed by atoms with E-state index in [1.54, 1.807) is 28.9 Å². The molecule has 0 saturated carbocycles. The van der Waals surface area contributed by atoms with E-state index in [1.165, 1.54) is 12.1 Å². The van der Waals surface area contributed by atoms with Crippen molar-refractivity contribution in [1.29, 1.82) is 0 Å². The number of aliphatic imine (C=N–C) groups is 1. The second-order valence-electron chi connectivity index (χ2n) is 23.4. The molecule has 0 spiro atoms. The summed E-state index contributed by atoms with van der Waals surface area (Å²) in [5.41, 5.74) is 12.0. The number of amidine groups is 1. The fraction of sp³-hybridized carbons (Fsp3) is 0.438. The minimum atomic E-state index is -1.03. The smallest absolute Gasteiger partial charge is 0.326 e. The molecule has 10 rings (SSSR count). The van der Waals surface area contributed by atoms with Crippen LogP contribution >= 0.6 is 23.2 Å². The number of nitrogens with two attached hydrogens (primary N) is 1. The number of pyridine rings is 1. The number of urea groups is 1. The van der Waals surface area contributed by atoms with Crippen molar-refractivity contribution in [1.82, 2.24) is 39.7 Å². The molecule has 2 bridgehead atoms. The third kappa shape index (κ3) is 12.4. The third-order valence-corrected chi connectivity index (χ3v) is 17.5. The van der Waals surface area contributed by atoms with Crippen molar-refractivity contribution < 1.29 is 33.0 Å². The van der Waals surface area contributed by atoms with Crippen LogP contribution < -0.4 is 20.7 Å². The molecule has 3 N–H and O–H groups in total. The van der Waals surface area contributed by atoms with Crippen molar-refractivity contribution in [2.24, 2.45) is 4.99 Å². The van der Waals surface area contributed by atoms with E-state index in [0.717, 1.165) is 51.9 Å². The number of carbonyl (C=O) groups excluding carboxylic acids is 3. The summed E-state index contributed by atoms with van der Waals surface area (Å²) < 4.78 is 34.6. The van der Waals surface area contributed by atoms with Gasteiger partial charge in [0.15, 0.2) is 0 Å². The number of amides is 4. The number of rotatable bonds is 17. The maximum Gasteiger partial charge on any atom is 0.326 e. The van der Waals surface area contributed by atoms with Gasteiger partial charge in [-0.25, -0.2) is 14.2 Å². The maximum absolute atomic E-state index is 15.5. The number of hydrogen-bond donors (Lipinski definition) is 2. The normalized spacial score (nSPS) is 20.0. The van der Waals surface area contributed by atoms with E-state index >= 15 is 4.79 Å². The molecule has 444 valence electrons. The summed E-state index contributed by atoms with van der Waals surface area (Å²) >= 11 is 13.0. The van der Waals surface area contributed by atoms with E-state index in [4.69, 9.17) is 53.2 Å². The number of piperazine rings is 1. The Balaban J connectivity index is 0.709. The first-order valence-electron chi connectivity index (χ1n) is 29.0. The first-order chi connectivity index (χ1) is 40.3. The van der Waals surface area contributed by atoms with Crippen LogP contribution in [0.15, 0.2) is 108 Å². The number of nitrogens with one attached hydrogen (secondary N) is 1. The second-order valence-corrected chi connectivity index (χ2v) is 24.3. The molecule has 0 radical (unpaired) electrons. The highest BCUT2D eigenvalue weighted by molar-refractivity contribution is 6.30. The first-order valence-corrected chi connectivity index (χ1v) is 29.8. The van der Waals surface area contributed by atoms with Crippen LogP contribution in [0.3, 0.4) is 0 Å². The number of nitrogen functional groups attached to an aromatic ring is 1. The first kappa shape index (κ1) is 60.0. The van der Waals surface area contributed by atoms with E-state index in [9.17, 15) is 14.0 Å². The zero-order chi connectivity index (χ0) is 59.5. The minimum absolute atomic E-state index is 0.144. The van der Waals surface area contributed by atoms with E-state index < -0.39 is 16.9 Å². The van der Waals surface area contributed by atoms with Crippen LogP contribution in [0.5, 0.6) is 5.75 Å². The molecule has 84 heavy (non-hydrogen) atoms. The number of nitrogens with zero attached hydrogens (tertiary/aromatic N) is 9. The van der Waals surface area contributed by atoms with Gasteiger partial charge in [-0.1, -0.05) is 74.3 Å². The molecule has 20 heteroatoms. The predicted molar refractivity (Wildman–Crippen MR) is 326 cm³/mol. The monoisotopic (exact) mass is 1180 g/mol. The van der Waals surface area contributed by atoms with Crippen molar-refractivity contribution in [3.8, 4) is 16.9 Å². The molecule has 4 aliphatic heterocycles. The third-order valence-electron chi connectivity index (χ3n) is 17.0. The number of hydrogen-bond acceptors (Lipinski definition) is 12. The summed E-state index contributed by atoms with van der Waals surface area (Å²) in [5, 5.41) is 9.03. The number of ether oxygens (including phenoxy) is 3. The lowest BCUT2D eigenvalue weighted by molar-refractivity contribution is -0.122. The van der Waals surface area contributed by atoms with Gasteiger partial charge in [-0.15, -0.1) is 0 Å². The van der Waals surface area contributed by atoms with Crippen molar-refractivity contribution in [2.45, 2.75) is 96.4 Å². The Hall–Kier alpha value is -7.09. The number of anilines is 2. The molecule has 0 aliphatic carbocycles. The lowest BCUT2D eigenvalue weighted by atomic mass is 9.71. The minimum Gasteiger partial charge on any atom is -0.493 e. The molecular formula is C64H76Cl2FN11O6. The molecule has 2 fully saturated rings. The van der Waals surface area contributed by atoms with Crippen molar-refractivity contribution in [2.75, 3.05) is 96.5 Å². The largest absolute Gasteiger partial charge is 0.493 e. The van der Waals surface area contributed by atoms with Crippen LogP contribution in [0.1, 0.15) is 111 Å².